The van der Waals surface area contributed by atoms with Gasteiger partial charge in [-0.05, 0) is 24.3 Å². The number of nitrogens with zero attached hydrogens (tertiary/aromatic N) is 1. The molecule has 134 valence electrons. The van der Waals surface area contributed by atoms with Crippen molar-refractivity contribution >= 4 is 15.9 Å². The van der Waals surface area contributed by atoms with E-state index in [1.54, 1.807) is 13.8 Å². The molecule has 3 N–H and O–H groups in total. The molecule has 1 heterocycles. The molecule has 1 aromatic rings. The molecular weight excluding hydrogens is 330 g/mol. The fourth-order valence-corrected chi connectivity index (χ4v) is 4.20. The maximum atomic E-state index is 12.4. The Bertz CT molecular complexity index is 656. The largest absolute Gasteiger partial charge is 0.391 e. The van der Waals surface area contributed by atoms with Crippen molar-refractivity contribution in [3.63, 3.8) is 0 Å². The number of sulfonamides is 1. The highest BCUT2D eigenvalue weighted by Gasteiger charge is 2.25. The van der Waals surface area contributed by atoms with Crippen LogP contribution in [0.1, 0.15) is 24.2 Å². The molecule has 0 saturated carbocycles. The van der Waals surface area contributed by atoms with Crippen LogP contribution in [0.3, 0.4) is 0 Å². The van der Waals surface area contributed by atoms with Crippen molar-refractivity contribution in [1.82, 2.24) is 14.9 Å². The number of carbonyl (C=O) groups excluding carboxylic acids is 1. The van der Waals surface area contributed by atoms with Gasteiger partial charge in [-0.15, -0.1) is 0 Å². The first-order chi connectivity index (χ1) is 11.4. The Morgan fingerprint density at radius 2 is 1.88 bits per heavy atom. The second-order valence-electron chi connectivity index (χ2n) is 5.81. The average molecular weight is 355 g/mol. The van der Waals surface area contributed by atoms with Gasteiger partial charge in [0, 0.05) is 44.2 Å². The number of hydrogen-bond acceptors (Lipinski definition) is 5. The van der Waals surface area contributed by atoms with E-state index in [9.17, 15) is 18.3 Å². The zero-order valence-corrected chi connectivity index (χ0v) is 14.8. The third-order valence-corrected chi connectivity index (χ3v) is 6.35. The summed E-state index contributed by atoms with van der Waals surface area (Å²) in [6.45, 7) is 5.97. The smallest absolute Gasteiger partial charge is 0.251 e. The standard InChI is InChI=1S/C16H25N3O4S/c1-3-19(4-2)24(22,23)14-7-5-12(6-8-14)16(21)18-10-13-9-17-11-15(13)20/h5-8,13,15,17,20H,3-4,9-11H2,1-2H3,(H,18,21). The van der Waals surface area contributed by atoms with E-state index < -0.39 is 16.1 Å². The van der Waals surface area contributed by atoms with E-state index in [-0.39, 0.29) is 16.7 Å². The van der Waals surface area contributed by atoms with Crippen molar-refractivity contribution in [1.29, 1.82) is 0 Å². The summed E-state index contributed by atoms with van der Waals surface area (Å²) in [4.78, 5) is 12.3. The summed E-state index contributed by atoms with van der Waals surface area (Å²) in [6.07, 6.45) is -0.452. The average Bonchev–Trinajstić information content (AvgIpc) is 2.98. The molecule has 0 bridgehead atoms. The topological polar surface area (TPSA) is 98.7 Å². The van der Waals surface area contributed by atoms with Gasteiger partial charge in [0.2, 0.25) is 10.0 Å². The molecule has 1 aliphatic heterocycles. The Balaban J connectivity index is 2.02. The van der Waals surface area contributed by atoms with Gasteiger partial charge in [0.15, 0.2) is 0 Å². The molecule has 1 aromatic carbocycles. The van der Waals surface area contributed by atoms with E-state index in [1.165, 1.54) is 28.6 Å². The van der Waals surface area contributed by atoms with E-state index in [2.05, 4.69) is 10.6 Å². The van der Waals surface area contributed by atoms with Gasteiger partial charge in [-0.3, -0.25) is 4.79 Å². The monoisotopic (exact) mass is 355 g/mol. The maximum absolute atomic E-state index is 12.4. The number of β-amino-alcohol motifs (C(OH)–C–C–N with tert-alkyl or cyclic N) is 1. The number of hydrogen-bond donors (Lipinski definition) is 3. The van der Waals surface area contributed by atoms with Crippen LogP contribution in [0, 0.1) is 5.92 Å². The molecule has 1 amide bonds. The predicted molar refractivity (Wildman–Crippen MR) is 91.2 cm³/mol. The first-order valence-corrected chi connectivity index (χ1v) is 9.61. The second-order valence-corrected chi connectivity index (χ2v) is 7.75. The van der Waals surface area contributed by atoms with Crippen molar-refractivity contribution in [3.05, 3.63) is 29.8 Å². The lowest BCUT2D eigenvalue weighted by molar-refractivity contribution is 0.0927. The van der Waals surface area contributed by atoms with Gasteiger partial charge < -0.3 is 15.7 Å². The van der Waals surface area contributed by atoms with E-state index in [1.807, 2.05) is 0 Å². The van der Waals surface area contributed by atoms with Crippen molar-refractivity contribution in [2.45, 2.75) is 24.8 Å². The molecule has 7 nitrogen and oxygen atoms in total. The number of rotatable bonds is 7. The van der Waals surface area contributed by atoms with Crippen LogP contribution < -0.4 is 10.6 Å². The van der Waals surface area contributed by atoms with Crippen molar-refractivity contribution < 1.29 is 18.3 Å². The molecule has 0 radical (unpaired) electrons. The Morgan fingerprint density at radius 1 is 1.25 bits per heavy atom. The van der Waals surface area contributed by atoms with Crippen LogP contribution in [0.25, 0.3) is 0 Å². The molecule has 0 spiro atoms. The quantitative estimate of drug-likeness (QED) is 0.641. The summed E-state index contributed by atoms with van der Waals surface area (Å²) in [5.41, 5.74) is 0.397. The minimum absolute atomic E-state index is 0.00346. The molecule has 2 rings (SSSR count). The molecule has 2 atom stereocenters. The van der Waals surface area contributed by atoms with Crippen molar-refractivity contribution in [2.24, 2.45) is 5.92 Å². The molecule has 1 saturated heterocycles. The summed E-state index contributed by atoms with van der Waals surface area (Å²) in [5, 5.41) is 15.5. The number of aliphatic hydroxyl groups is 1. The molecule has 0 aromatic heterocycles. The summed E-state index contributed by atoms with van der Waals surface area (Å²) in [6, 6.07) is 5.92. The van der Waals surface area contributed by atoms with Crippen LogP contribution in [0.4, 0.5) is 0 Å². The van der Waals surface area contributed by atoms with Crippen LogP contribution in [0.5, 0.6) is 0 Å². The van der Waals surface area contributed by atoms with Crippen LogP contribution in [-0.4, -0.2) is 62.6 Å². The highest BCUT2D eigenvalue weighted by molar-refractivity contribution is 7.89. The molecule has 0 aliphatic carbocycles. The fourth-order valence-electron chi connectivity index (χ4n) is 2.74. The first-order valence-electron chi connectivity index (χ1n) is 8.17. The third kappa shape index (κ3) is 4.13. The van der Waals surface area contributed by atoms with Gasteiger partial charge in [-0.1, -0.05) is 13.8 Å². The van der Waals surface area contributed by atoms with Crippen LogP contribution in [0.2, 0.25) is 0 Å². The molecule has 1 aliphatic rings. The SMILES string of the molecule is CCN(CC)S(=O)(=O)c1ccc(C(=O)NCC2CNCC2O)cc1. The fraction of sp³-hybridized carbons (Fsp3) is 0.562. The summed E-state index contributed by atoms with van der Waals surface area (Å²) < 4.78 is 26.2. The lowest BCUT2D eigenvalue weighted by Gasteiger charge is -2.18. The summed E-state index contributed by atoms with van der Waals surface area (Å²) >= 11 is 0. The molecule has 1 fully saturated rings. The highest BCUT2D eigenvalue weighted by atomic mass is 32.2. The van der Waals surface area contributed by atoms with Gasteiger partial charge in [-0.2, -0.15) is 4.31 Å². The number of aliphatic hydroxyl groups excluding tert-OH is 1. The third-order valence-electron chi connectivity index (χ3n) is 4.29. The van der Waals surface area contributed by atoms with Crippen LogP contribution in [0.15, 0.2) is 29.2 Å². The summed E-state index contributed by atoms with van der Waals surface area (Å²) in [5.74, 6) is -0.280. The van der Waals surface area contributed by atoms with E-state index in [4.69, 9.17) is 0 Å². The summed E-state index contributed by atoms with van der Waals surface area (Å²) in [7, 11) is -3.52. The molecule has 24 heavy (non-hydrogen) atoms. The number of nitrogens with one attached hydrogen (secondary N) is 2. The van der Waals surface area contributed by atoms with Gasteiger partial charge in [0.25, 0.3) is 5.91 Å². The Hall–Kier alpha value is -1.48. The second kappa shape index (κ2) is 8.06. The van der Waals surface area contributed by atoms with Crippen LogP contribution >= 0.6 is 0 Å². The zero-order valence-electron chi connectivity index (χ0n) is 14.0. The highest BCUT2D eigenvalue weighted by Crippen LogP contribution is 2.16. The van der Waals surface area contributed by atoms with Crippen molar-refractivity contribution in [3.8, 4) is 0 Å². The number of amides is 1. The molecular formula is C16H25N3O4S. The maximum Gasteiger partial charge on any atom is 0.251 e. The van der Waals surface area contributed by atoms with Gasteiger partial charge in [0.1, 0.15) is 0 Å². The minimum atomic E-state index is -3.52. The first kappa shape index (κ1) is 18.9. The van der Waals surface area contributed by atoms with Gasteiger partial charge in [0.05, 0.1) is 11.0 Å². The van der Waals surface area contributed by atoms with Crippen molar-refractivity contribution in [2.75, 3.05) is 32.7 Å². The van der Waals surface area contributed by atoms with Gasteiger partial charge >= 0.3 is 0 Å². The Labute approximate surface area is 143 Å². The molecule has 2 unspecified atom stereocenters. The lowest BCUT2D eigenvalue weighted by atomic mass is 10.1. The zero-order chi connectivity index (χ0) is 17.7. The lowest BCUT2D eigenvalue weighted by Crippen LogP contribution is -2.34. The minimum Gasteiger partial charge on any atom is -0.391 e. The Kier molecular flexibility index (Phi) is 6.34. The van der Waals surface area contributed by atoms with Gasteiger partial charge in [-0.25, -0.2) is 8.42 Å². The Morgan fingerprint density at radius 3 is 2.38 bits per heavy atom. The van der Waals surface area contributed by atoms with E-state index in [0.717, 1.165) is 0 Å². The van der Waals surface area contributed by atoms with E-state index >= 15 is 0 Å². The predicted octanol–water partition coefficient (Wildman–Crippen LogP) is 0.0272. The van der Waals surface area contributed by atoms with E-state index in [0.29, 0.717) is 38.3 Å². The number of benzene rings is 1. The number of carbonyl (C=O) groups is 1. The molecule has 8 heteroatoms. The van der Waals surface area contributed by atoms with Crippen LogP contribution in [-0.2, 0) is 10.0 Å². The normalized spacial score (nSPS) is 21.2.